The molecule has 0 aromatic heterocycles. The van der Waals surface area contributed by atoms with Gasteiger partial charge in [0, 0.05) is 18.7 Å². The summed E-state index contributed by atoms with van der Waals surface area (Å²) in [5, 5.41) is 0. The van der Waals surface area contributed by atoms with Gasteiger partial charge in [0.05, 0.1) is 0 Å². The lowest BCUT2D eigenvalue weighted by molar-refractivity contribution is 0.208. The van der Waals surface area contributed by atoms with E-state index in [1.807, 2.05) is 25.8 Å². The molecular weight excluding hydrogens is 258 g/mol. The monoisotopic (exact) mass is 278 g/mol. The molecule has 0 spiro atoms. The van der Waals surface area contributed by atoms with E-state index in [9.17, 15) is 8.78 Å². The molecule has 0 saturated heterocycles. The van der Waals surface area contributed by atoms with Crippen LogP contribution in [-0.4, -0.2) is 25.0 Å². The van der Waals surface area contributed by atoms with Crippen molar-refractivity contribution in [2.24, 2.45) is 11.1 Å². The number of rotatable bonds is 5. The highest BCUT2D eigenvalue weighted by Crippen LogP contribution is 2.17. The Kier molecular flexibility index (Phi) is 6.74. The van der Waals surface area contributed by atoms with Gasteiger partial charge in [0.15, 0.2) is 0 Å². The van der Waals surface area contributed by atoms with Crippen LogP contribution >= 0.6 is 12.4 Å². The highest BCUT2D eigenvalue weighted by molar-refractivity contribution is 5.85. The minimum Gasteiger partial charge on any atom is -0.330 e. The predicted octanol–water partition coefficient (Wildman–Crippen LogP) is 2.80. The maximum Gasteiger partial charge on any atom is 0.127 e. The van der Waals surface area contributed by atoms with Gasteiger partial charge in [-0.05, 0) is 37.2 Å². The summed E-state index contributed by atoms with van der Waals surface area (Å²) in [5.41, 5.74) is 5.99. The Morgan fingerprint density at radius 2 is 1.89 bits per heavy atom. The number of halogens is 3. The third-order valence-electron chi connectivity index (χ3n) is 2.70. The fourth-order valence-electron chi connectivity index (χ4n) is 1.81. The van der Waals surface area contributed by atoms with E-state index in [2.05, 4.69) is 0 Å². The van der Waals surface area contributed by atoms with Crippen LogP contribution in [-0.2, 0) is 6.54 Å². The van der Waals surface area contributed by atoms with Crippen LogP contribution in [0, 0.1) is 17.0 Å². The quantitative estimate of drug-likeness (QED) is 0.897. The van der Waals surface area contributed by atoms with Gasteiger partial charge in [-0.1, -0.05) is 13.8 Å². The highest BCUT2D eigenvalue weighted by atomic mass is 35.5. The van der Waals surface area contributed by atoms with Crippen LogP contribution in [0.15, 0.2) is 18.2 Å². The van der Waals surface area contributed by atoms with Gasteiger partial charge < -0.3 is 10.6 Å². The molecular formula is C13H21ClF2N2. The summed E-state index contributed by atoms with van der Waals surface area (Å²) in [7, 11) is 1.88. The van der Waals surface area contributed by atoms with Gasteiger partial charge in [-0.25, -0.2) is 8.78 Å². The molecule has 0 aliphatic carbocycles. The van der Waals surface area contributed by atoms with Crippen molar-refractivity contribution in [3.8, 4) is 0 Å². The summed E-state index contributed by atoms with van der Waals surface area (Å²) in [4.78, 5) is 1.95. The van der Waals surface area contributed by atoms with Crippen LogP contribution in [0.1, 0.15) is 19.4 Å². The second kappa shape index (κ2) is 7.02. The van der Waals surface area contributed by atoms with Crippen LogP contribution in [0.4, 0.5) is 8.78 Å². The Bertz CT molecular complexity index is 383. The lowest BCUT2D eigenvalue weighted by atomic mass is 9.93. The molecule has 0 unspecified atom stereocenters. The topological polar surface area (TPSA) is 29.3 Å². The van der Waals surface area contributed by atoms with Gasteiger partial charge in [0.25, 0.3) is 0 Å². The largest absolute Gasteiger partial charge is 0.330 e. The maximum atomic E-state index is 13.4. The molecule has 0 saturated carbocycles. The third-order valence-corrected chi connectivity index (χ3v) is 2.70. The van der Waals surface area contributed by atoms with Crippen molar-refractivity contribution in [1.82, 2.24) is 4.90 Å². The van der Waals surface area contributed by atoms with E-state index < -0.39 is 5.82 Å². The van der Waals surface area contributed by atoms with E-state index in [-0.39, 0.29) is 23.6 Å². The van der Waals surface area contributed by atoms with Crippen molar-refractivity contribution in [2.45, 2.75) is 20.4 Å². The summed E-state index contributed by atoms with van der Waals surface area (Å²) < 4.78 is 26.4. The zero-order valence-corrected chi connectivity index (χ0v) is 11.9. The zero-order valence-electron chi connectivity index (χ0n) is 11.0. The molecule has 0 aliphatic heterocycles. The molecule has 0 aliphatic rings. The standard InChI is InChI=1S/C13H20F2N2.ClH/c1-13(2,8-16)9-17(3)7-10-6-11(14)4-5-12(10)15;/h4-6H,7-9,16H2,1-3H3;1H. The fraction of sp³-hybridized carbons (Fsp3) is 0.538. The lowest BCUT2D eigenvalue weighted by Crippen LogP contribution is -2.36. The number of nitrogens with two attached hydrogens (primary N) is 1. The number of hydrogen-bond donors (Lipinski definition) is 1. The molecule has 5 heteroatoms. The van der Waals surface area contributed by atoms with E-state index in [1.54, 1.807) is 0 Å². The predicted molar refractivity (Wildman–Crippen MR) is 72.8 cm³/mol. The molecule has 1 rings (SSSR count). The first-order chi connectivity index (χ1) is 7.84. The van der Waals surface area contributed by atoms with Crippen LogP contribution in [0.3, 0.4) is 0 Å². The molecule has 0 atom stereocenters. The fourth-order valence-corrected chi connectivity index (χ4v) is 1.81. The van der Waals surface area contributed by atoms with Gasteiger partial charge in [0.2, 0.25) is 0 Å². The van der Waals surface area contributed by atoms with Crippen molar-refractivity contribution in [1.29, 1.82) is 0 Å². The smallest absolute Gasteiger partial charge is 0.127 e. The van der Waals surface area contributed by atoms with Crippen molar-refractivity contribution >= 4 is 12.4 Å². The number of nitrogens with zero attached hydrogens (tertiary/aromatic N) is 1. The second-order valence-corrected chi connectivity index (χ2v) is 5.28. The Labute approximate surface area is 114 Å². The molecule has 2 N–H and O–H groups in total. The first-order valence-corrected chi connectivity index (χ1v) is 5.66. The molecule has 18 heavy (non-hydrogen) atoms. The molecule has 0 radical (unpaired) electrons. The van der Waals surface area contributed by atoms with Crippen molar-refractivity contribution in [3.05, 3.63) is 35.4 Å². The highest BCUT2D eigenvalue weighted by Gasteiger charge is 2.18. The maximum absolute atomic E-state index is 13.4. The van der Waals surface area contributed by atoms with E-state index in [1.165, 1.54) is 6.07 Å². The lowest BCUT2D eigenvalue weighted by Gasteiger charge is -2.29. The Morgan fingerprint density at radius 1 is 1.28 bits per heavy atom. The van der Waals surface area contributed by atoms with E-state index in [4.69, 9.17) is 5.73 Å². The summed E-state index contributed by atoms with van der Waals surface area (Å²) in [6, 6.07) is 3.52. The van der Waals surface area contributed by atoms with E-state index >= 15 is 0 Å². The van der Waals surface area contributed by atoms with Crippen LogP contribution in [0.5, 0.6) is 0 Å². The first kappa shape index (κ1) is 17.3. The van der Waals surface area contributed by atoms with Crippen molar-refractivity contribution in [2.75, 3.05) is 20.1 Å². The normalized spacial score (nSPS) is 11.5. The molecule has 2 nitrogen and oxygen atoms in total. The van der Waals surface area contributed by atoms with Crippen molar-refractivity contribution < 1.29 is 8.78 Å². The average molecular weight is 279 g/mol. The SMILES string of the molecule is CN(Cc1cc(F)ccc1F)CC(C)(C)CN.Cl. The minimum absolute atomic E-state index is 0. The van der Waals surface area contributed by atoms with Crippen LogP contribution < -0.4 is 5.73 Å². The molecule has 1 aromatic rings. The van der Waals surface area contributed by atoms with Gasteiger partial charge in [0.1, 0.15) is 11.6 Å². The van der Waals surface area contributed by atoms with Gasteiger partial charge in [-0.3, -0.25) is 0 Å². The van der Waals surface area contributed by atoms with Gasteiger partial charge in [-0.15, -0.1) is 12.4 Å². The molecule has 0 amide bonds. The van der Waals surface area contributed by atoms with E-state index in [0.717, 1.165) is 18.7 Å². The second-order valence-electron chi connectivity index (χ2n) is 5.28. The van der Waals surface area contributed by atoms with Crippen LogP contribution in [0.2, 0.25) is 0 Å². The van der Waals surface area contributed by atoms with Gasteiger partial charge in [-0.2, -0.15) is 0 Å². The number of benzene rings is 1. The average Bonchev–Trinajstić information content (AvgIpc) is 2.23. The first-order valence-electron chi connectivity index (χ1n) is 5.66. The summed E-state index contributed by atoms with van der Waals surface area (Å²) in [5.74, 6) is -0.781. The summed E-state index contributed by atoms with van der Waals surface area (Å²) in [6.45, 7) is 5.77. The minimum atomic E-state index is -0.409. The summed E-state index contributed by atoms with van der Waals surface area (Å²) >= 11 is 0. The van der Waals surface area contributed by atoms with Crippen molar-refractivity contribution in [3.63, 3.8) is 0 Å². The van der Waals surface area contributed by atoms with Gasteiger partial charge >= 0.3 is 0 Å². The Hall–Kier alpha value is -0.710. The molecule has 0 bridgehead atoms. The third kappa shape index (κ3) is 5.29. The molecule has 1 aromatic carbocycles. The van der Waals surface area contributed by atoms with Crippen LogP contribution in [0.25, 0.3) is 0 Å². The molecule has 0 fully saturated rings. The molecule has 104 valence electrons. The Balaban J connectivity index is 0.00000289. The number of hydrogen-bond acceptors (Lipinski definition) is 2. The molecule has 0 heterocycles. The zero-order chi connectivity index (χ0) is 13.1. The van der Waals surface area contributed by atoms with E-state index in [0.29, 0.717) is 18.7 Å². The Morgan fingerprint density at radius 3 is 2.44 bits per heavy atom. The summed E-state index contributed by atoms with van der Waals surface area (Å²) in [6.07, 6.45) is 0.